The number of halogens is 2. The summed E-state index contributed by atoms with van der Waals surface area (Å²) in [6, 6.07) is 0.907. The highest BCUT2D eigenvalue weighted by Crippen LogP contribution is 2.19. The van der Waals surface area contributed by atoms with E-state index in [1.807, 2.05) is 0 Å². The van der Waals surface area contributed by atoms with Crippen LogP contribution in [0.15, 0.2) is 23.4 Å². The van der Waals surface area contributed by atoms with E-state index < -0.39 is 26.8 Å². The smallest absolute Gasteiger partial charge is 0.242 e. The second-order valence-corrected chi connectivity index (χ2v) is 6.62. The lowest BCUT2D eigenvalue weighted by atomic mass is 10.0. The largest absolute Gasteiger partial charge is 0.260 e. The van der Waals surface area contributed by atoms with Crippen molar-refractivity contribution in [1.29, 1.82) is 0 Å². The second-order valence-electron chi connectivity index (χ2n) is 4.28. The maximum Gasteiger partial charge on any atom is 0.242 e. The Kier molecular flexibility index (Phi) is 4.11. The quantitative estimate of drug-likeness (QED) is 0.857. The van der Waals surface area contributed by atoms with E-state index in [-0.39, 0.29) is 4.90 Å². The zero-order valence-electron chi connectivity index (χ0n) is 9.74. The van der Waals surface area contributed by atoms with E-state index in [2.05, 4.69) is 9.71 Å². The molecule has 0 fully saturated rings. The van der Waals surface area contributed by atoms with Crippen molar-refractivity contribution in [2.45, 2.75) is 36.6 Å². The molecule has 0 amide bonds. The molecule has 1 aromatic heterocycles. The van der Waals surface area contributed by atoms with Crippen LogP contribution in [-0.2, 0) is 10.0 Å². The van der Waals surface area contributed by atoms with Gasteiger partial charge in [-0.2, -0.15) is 0 Å². The summed E-state index contributed by atoms with van der Waals surface area (Å²) in [5.41, 5.74) is -0.841. The zero-order valence-corrected chi connectivity index (χ0v) is 11.3. The molecule has 0 aliphatic rings. The standard InChI is InChI=1S/C10H14ClFN2O2S/c1-7(11)10(2,3)14-17(15,16)9-4-8(12)5-13-6-9/h4-7,14H,1-3H3. The number of rotatable bonds is 4. The highest BCUT2D eigenvalue weighted by atomic mass is 35.5. The Bertz CT molecular complexity index is 503. The number of pyridine rings is 1. The van der Waals surface area contributed by atoms with E-state index in [1.165, 1.54) is 0 Å². The van der Waals surface area contributed by atoms with E-state index in [9.17, 15) is 12.8 Å². The van der Waals surface area contributed by atoms with E-state index >= 15 is 0 Å². The van der Waals surface area contributed by atoms with Crippen LogP contribution in [0.1, 0.15) is 20.8 Å². The molecule has 1 atom stereocenters. The fourth-order valence-electron chi connectivity index (χ4n) is 1.03. The lowest BCUT2D eigenvalue weighted by Crippen LogP contribution is -2.48. The van der Waals surface area contributed by atoms with Gasteiger partial charge in [0.25, 0.3) is 0 Å². The molecule has 4 nitrogen and oxygen atoms in total. The summed E-state index contributed by atoms with van der Waals surface area (Å²) in [6.45, 7) is 4.97. The van der Waals surface area contributed by atoms with Crippen molar-refractivity contribution in [3.05, 3.63) is 24.3 Å². The van der Waals surface area contributed by atoms with Crippen LogP contribution in [0.3, 0.4) is 0 Å². The van der Waals surface area contributed by atoms with Gasteiger partial charge in [-0.1, -0.05) is 0 Å². The van der Waals surface area contributed by atoms with Crippen LogP contribution in [0.2, 0.25) is 0 Å². The maximum absolute atomic E-state index is 12.9. The van der Waals surface area contributed by atoms with Gasteiger partial charge in [0.2, 0.25) is 10.0 Å². The topological polar surface area (TPSA) is 59.1 Å². The molecule has 7 heteroatoms. The molecular weight excluding hydrogens is 267 g/mol. The monoisotopic (exact) mass is 280 g/mol. The fraction of sp³-hybridized carbons (Fsp3) is 0.500. The van der Waals surface area contributed by atoms with Gasteiger partial charge in [-0.25, -0.2) is 17.5 Å². The number of hydrogen-bond acceptors (Lipinski definition) is 3. The van der Waals surface area contributed by atoms with Gasteiger partial charge in [0.15, 0.2) is 0 Å². The number of sulfonamides is 1. The van der Waals surface area contributed by atoms with Crippen molar-refractivity contribution < 1.29 is 12.8 Å². The molecule has 0 saturated carbocycles. The predicted octanol–water partition coefficient (Wildman–Crippen LogP) is 1.90. The van der Waals surface area contributed by atoms with Gasteiger partial charge < -0.3 is 0 Å². The van der Waals surface area contributed by atoms with Crippen molar-refractivity contribution in [1.82, 2.24) is 9.71 Å². The van der Waals surface area contributed by atoms with Gasteiger partial charge in [0.05, 0.1) is 6.20 Å². The molecular formula is C10H14ClFN2O2S. The lowest BCUT2D eigenvalue weighted by molar-refractivity contribution is 0.445. The van der Waals surface area contributed by atoms with E-state index in [0.717, 1.165) is 18.5 Å². The summed E-state index contributed by atoms with van der Waals surface area (Å²) in [4.78, 5) is 3.28. The summed E-state index contributed by atoms with van der Waals surface area (Å²) in [7, 11) is -3.82. The third-order valence-electron chi connectivity index (χ3n) is 2.38. The molecule has 1 aromatic rings. The summed E-state index contributed by atoms with van der Waals surface area (Å²) >= 11 is 5.88. The van der Waals surface area contributed by atoms with Crippen molar-refractivity contribution in [2.24, 2.45) is 0 Å². The minimum atomic E-state index is -3.82. The number of alkyl halides is 1. The number of nitrogens with one attached hydrogen (secondary N) is 1. The minimum absolute atomic E-state index is 0.220. The Morgan fingerprint density at radius 3 is 2.53 bits per heavy atom. The van der Waals surface area contributed by atoms with Crippen molar-refractivity contribution in [3.8, 4) is 0 Å². The lowest BCUT2D eigenvalue weighted by Gasteiger charge is -2.28. The van der Waals surface area contributed by atoms with E-state index in [4.69, 9.17) is 11.6 Å². The van der Waals surface area contributed by atoms with E-state index in [0.29, 0.717) is 0 Å². The van der Waals surface area contributed by atoms with Gasteiger partial charge in [-0.3, -0.25) is 4.98 Å². The number of hydrogen-bond donors (Lipinski definition) is 1. The first-order chi connectivity index (χ1) is 7.65. The molecule has 0 saturated heterocycles. The summed E-state index contributed by atoms with van der Waals surface area (Å²) < 4.78 is 39.2. The molecule has 0 bridgehead atoms. The Labute approximate surface area is 105 Å². The van der Waals surface area contributed by atoms with Gasteiger partial charge >= 0.3 is 0 Å². The average Bonchev–Trinajstić information content (AvgIpc) is 2.15. The molecule has 1 N–H and O–H groups in total. The minimum Gasteiger partial charge on any atom is -0.260 e. The van der Waals surface area contributed by atoms with Crippen molar-refractivity contribution in [3.63, 3.8) is 0 Å². The first-order valence-corrected chi connectivity index (χ1v) is 6.86. The van der Waals surface area contributed by atoms with Crippen molar-refractivity contribution >= 4 is 21.6 Å². The molecule has 1 unspecified atom stereocenters. The molecule has 0 aliphatic carbocycles. The van der Waals surface area contributed by atoms with Crippen LogP contribution in [0, 0.1) is 5.82 Å². The van der Waals surface area contributed by atoms with Gasteiger partial charge in [0, 0.05) is 17.1 Å². The number of aromatic nitrogens is 1. The van der Waals surface area contributed by atoms with Crippen LogP contribution in [0.25, 0.3) is 0 Å². The first-order valence-electron chi connectivity index (χ1n) is 4.94. The molecule has 0 spiro atoms. The molecule has 0 radical (unpaired) electrons. The summed E-state index contributed by atoms with van der Waals surface area (Å²) in [5, 5.41) is -0.418. The summed E-state index contributed by atoms with van der Waals surface area (Å²) in [6.07, 6.45) is 2.02. The summed E-state index contributed by atoms with van der Waals surface area (Å²) in [5.74, 6) is -0.704. The van der Waals surface area contributed by atoms with Crippen LogP contribution >= 0.6 is 11.6 Å². The Morgan fingerprint density at radius 2 is 2.06 bits per heavy atom. The zero-order chi connectivity index (χ0) is 13.3. The third-order valence-corrected chi connectivity index (χ3v) is 4.57. The Morgan fingerprint density at radius 1 is 1.47 bits per heavy atom. The first kappa shape index (κ1) is 14.3. The van der Waals surface area contributed by atoms with Gasteiger partial charge in [-0.05, 0) is 26.8 Å². The molecule has 17 heavy (non-hydrogen) atoms. The average molecular weight is 281 g/mol. The molecule has 0 aromatic carbocycles. The predicted molar refractivity (Wildman–Crippen MR) is 63.9 cm³/mol. The highest BCUT2D eigenvalue weighted by Gasteiger charge is 2.30. The van der Waals surface area contributed by atoms with Crippen molar-refractivity contribution in [2.75, 3.05) is 0 Å². The third kappa shape index (κ3) is 3.62. The van der Waals surface area contributed by atoms with Crippen LogP contribution in [0.4, 0.5) is 4.39 Å². The Hall–Kier alpha value is -0.720. The maximum atomic E-state index is 12.9. The fourth-order valence-corrected chi connectivity index (χ4v) is 2.60. The molecule has 1 heterocycles. The number of nitrogens with zero attached hydrogens (tertiary/aromatic N) is 1. The molecule has 96 valence electrons. The Balaban J connectivity index is 3.06. The highest BCUT2D eigenvalue weighted by molar-refractivity contribution is 7.89. The van der Waals surface area contributed by atoms with Crippen LogP contribution in [0.5, 0.6) is 0 Å². The normalized spacial score (nSPS) is 14.6. The SMILES string of the molecule is CC(Cl)C(C)(C)NS(=O)(=O)c1cncc(F)c1. The molecule has 0 aliphatic heterocycles. The van der Waals surface area contributed by atoms with Gasteiger partial charge in [0.1, 0.15) is 10.7 Å². The van der Waals surface area contributed by atoms with Crippen LogP contribution < -0.4 is 4.72 Å². The van der Waals surface area contributed by atoms with Gasteiger partial charge in [-0.15, -0.1) is 11.6 Å². The van der Waals surface area contributed by atoms with E-state index in [1.54, 1.807) is 20.8 Å². The second kappa shape index (κ2) is 4.88. The van der Waals surface area contributed by atoms with Crippen LogP contribution in [-0.4, -0.2) is 24.3 Å². The molecule has 1 rings (SSSR count).